The first-order chi connectivity index (χ1) is 11.5. The van der Waals surface area contributed by atoms with Crippen LogP contribution in [0.1, 0.15) is 45.7 Å². The lowest BCUT2D eigenvalue weighted by molar-refractivity contribution is -0.117. The Morgan fingerprint density at radius 2 is 2.16 bits per heavy atom. The topological polar surface area (TPSA) is 90.3 Å². The number of allylic oxidation sites excluding steroid dienone is 1. The van der Waals surface area contributed by atoms with Crippen molar-refractivity contribution in [1.29, 1.82) is 0 Å². The van der Waals surface area contributed by atoms with E-state index in [0.29, 0.717) is 24.5 Å². The lowest BCUT2D eigenvalue weighted by atomic mass is 10.1. The van der Waals surface area contributed by atoms with Crippen LogP contribution in [0.25, 0.3) is 5.57 Å². The molecule has 25 heavy (non-hydrogen) atoms. The normalized spacial score (nSPS) is 18.8. The molecule has 0 aliphatic carbocycles. The highest BCUT2D eigenvalue weighted by Gasteiger charge is 2.43. The third kappa shape index (κ3) is 4.30. The minimum atomic E-state index is -3.69. The fraction of sp³-hybridized carbons (Fsp3) is 0.647. The number of rotatable bonds is 6. The van der Waals surface area contributed by atoms with Gasteiger partial charge in [0.05, 0.1) is 17.6 Å². The first-order valence-corrected chi connectivity index (χ1v) is 10.0. The van der Waals surface area contributed by atoms with E-state index in [1.54, 1.807) is 13.1 Å². The molecule has 1 fully saturated rings. The van der Waals surface area contributed by atoms with Gasteiger partial charge in [0.1, 0.15) is 10.6 Å². The van der Waals surface area contributed by atoms with Crippen LogP contribution in [0.3, 0.4) is 0 Å². The van der Waals surface area contributed by atoms with E-state index in [9.17, 15) is 13.2 Å². The number of aromatic nitrogens is 2. The minimum absolute atomic E-state index is 0.143. The number of carbonyl (C=O) groups is 1. The van der Waals surface area contributed by atoms with Crippen LogP contribution >= 0.6 is 0 Å². The summed E-state index contributed by atoms with van der Waals surface area (Å²) in [6.45, 7) is 9.05. The fourth-order valence-corrected chi connectivity index (χ4v) is 4.10. The van der Waals surface area contributed by atoms with Crippen molar-refractivity contribution in [3.8, 4) is 0 Å². The fourth-order valence-electron chi connectivity index (χ4n) is 2.59. The number of ether oxygens (including phenoxy) is 1. The van der Waals surface area contributed by atoms with Crippen molar-refractivity contribution in [2.24, 2.45) is 7.05 Å². The molecule has 2 rings (SSSR count). The zero-order chi connectivity index (χ0) is 18.8. The quantitative estimate of drug-likeness (QED) is 0.830. The molecule has 7 nitrogen and oxygen atoms in total. The Hall–Kier alpha value is -1.67. The maximum Gasteiger partial charge on any atom is 0.246 e. The standard InChI is InChI=1S/C17H27N3O4S/c1-12(2)14-10-15(20(5)19-14)18-16(21)17(3,4)25(22,23)11-13-8-6-7-9-24-13/h10,13H,1,6-9,11H2,2-5H3,(H,18,21). The maximum absolute atomic E-state index is 12.8. The lowest BCUT2D eigenvalue weighted by Gasteiger charge is -2.28. The number of hydrogen-bond acceptors (Lipinski definition) is 5. The van der Waals surface area contributed by atoms with E-state index >= 15 is 0 Å². The largest absolute Gasteiger partial charge is 0.377 e. The molecule has 8 heteroatoms. The highest BCUT2D eigenvalue weighted by molar-refractivity contribution is 7.93. The monoisotopic (exact) mass is 369 g/mol. The molecule has 0 bridgehead atoms. The number of aryl methyl sites for hydroxylation is 1. The van der Waals surface area contributed by atoms with Crippen LogP contribution in [0, 0.1) is 0 Å². The molecular weight excluding hydrogens is 342 g/mol. The molecule has 2 heterocycles. The van der Waals surface area contributed by atoms with E-state index in [2.05, 4.69) is 17.0 Å². The van der Waals surface area contributed by atoms with Gasteiger partial charge in [-0.3, -0.25) is 9.48 Å². The molecule has 0 saturated carbocycles. The minimum Gasteiger partial charge on any atom is -0.377 e. The molecule has 1 aliphatic rings. The van der Waals surface area contributed by atoms with Crippen LogP contribution in [-0.4, -0.2) is 47.3 Å². The number of carbonyl (C=O) groups excluding carboxylic acids is 1. The molecule has 1 aromatic rings. The Morgan fingerprint density at radius 1 is 1.48 bits per heavy atom. The van der Waals surface area contributed by atoms with Crippen LogP contribution in [-0.2, 0) is 26.4 Å². The van der Waals surface area contributed by atoms with Crippen molar-refractivity contribution in [3.63, 3.8) is 0 Å². The van der Waals surface area contributed by atoms with Crippen LogP contribution in [0.5, 0.6) is 0 Å². The summed E-state index contributed by atoms with van der Waals surface area (Å²) >= 11 is 0. The molecule has 1 unspecified atom stereocenters. The summed E-state index contributed by atoms with van der Waals surface area (Å²) in [7, 11) is -2.01. The van der Waals surface area contributed by atoms with Crippen molar-refractivity contribution in [3.05, 3.63) is 18.3 Å². The van der Waals surface area contributed by atoms with Gasteiger partial charge in [-0.1, -0.05) is 6.58 Å². The molecule has 0 aromatic carbocycles. The number of anilines is 1. The van der Waals surface area contributed by atoms with E-state index in [1.807, 2.05) is 6.92 Å². The van der Waals surface area contributed by atoms with Crippen molar-refractivity contribution >= 4 is 27.1 Å². The predicted molar refractivity (Wildman–Crippen MR) is 98.0 cm³/mol. The lowest BCUT2D eigenvalue weighted by Crippen LogP contribution is -2.48. The summed E-state index contributed by atoms with van der Waals surface area (Å²) in [5.74, 6) is -0.296. The molecule has 0 spiro atoms. The number of amides is 1. The Balaban J connectivity index is 2.14. The average molecular weight is 369 g/mol. The summed E-state index contributed by atoms with van der Waals surface area (Å²) in [5.41, 5.74) is 1.41. The molecule has 1 aliphatic heterocycles. The molecule has 0 radical (unpaired) electrons. The van der Waals surface area contributed by atoms with E-state index in [4.69, 9.17) is 4.74 Å². The van der Waals surface area contributed by atoms with Crippen molar-refractivity contribution in [1.82, 2.24) is 9.78 Å². The molecule has 1 atom stereocenters. The van der Waals surface area contributed by atoms with Gasteiger partial charge in [-0.25, -0.2) is 8.42 Å². The second-order valence-corrected chi connectivity index (χ2v) is 9.64. The third-order valence-electron chi connectivity index (χ3n) is 4.56. The molecule has 1 N–H and O–H groups in total. The van der Waals surface area contributed by atoms with E-state index in [0.717, 1.165) is 18.4 Å². The van der Waals surface area contributed by atoms with Gasteiger partial charge in [0.25, 0.3) is 0 Å². The summed E-state index contributed by atoms with van der Waals surface area (Å²) in [4.78, 5) is 12.7. The van der Waals surface area contributed by atoms with Crippen LogP contribution < -0.4 is 5.32 Å². The van der Waals surface area contributed by atoms with Crippen molar-refractivity contribution < 1.29 is 17.9 Å². The second-order valence-electron chi connectivity index (χ2n) is 7.05. The zero-order valence-corrected chi connectivity index (χ0v) is 16.1. The Labute approximate surface area is 149 Å². The average Bonchev–Trinajstić information content (AvgIpc) is 2.89. The smallest absolute Gasteiger partial charge is 0.246 e. The SMILES string of the molecule is C=C(C)c1cc(NC(=O)C(C)(C)S(=O)(=O)CC2CCCCO2)n(C)n1. The highest BCUT2D eigenvalue weighted by atomic mass is 32.2. The van der Waals surface area contributed by atoms with Crippen LogP contribution in [0.4, 0.5) is 5.82 Å². The molecule has 1 aromatic heterocycles. The Morgan fingerprint density at radius 3 is 2.68 bits per heavy atom. The molecule has 1 saturated heterocycles. The van der Waals surface area contributed by atoms with Crippen molar-refractivity contribution in [2.75, 3.05) is 17.7 Å². The van der Waals surface area contributed by atoms with Gasteiger partial charge in [0, 0.05) is 19.7 Å². The predicted octanol–water partition coefficient (Wildman–Crippen LogP) is 2.15. The number of nitrogens with one attached hydrogen (secondary N) is 1. The summed E-state index contributed by atoms with van der Waals surface area (Å²) in [5, 5.41) is 6.90. The van der Waals surface area contributed by atoms with E-state index < -0.39 is 20.5 Å². The summed E-state index contributed by atoms with van der Waals surface area (Å²) in [6, 6.07) is 1.67. The highest BCUT2D eigenvalue weighted by Crippen LogP contribution is 2.25. The van der Waals surface area contributed by atoms with Crippen LogP contribution in [0.15, 0.2) is 12.6 Å². The van der Waals surface area contributed by atoms with Crippen LogP contribution in [0.2, 0.25) is 0 Å². The number of hydrogen-bond donors (Lipinski definition) is 1. The number of sulfone groups is 1. The summed E-state index contributed by atoms with van der Waals surface area (Å²) in [6.07, 6.45) is 2.27. The van der Waals surface area contributed by atoms with E-state index in [1.165, 1.54) is 18.5 Å². The Bertz CT molecular complexity index is 759. The second kappa shape index (κ2) is 7.29. The van der Waals surface area contributed by atoms with Gasteiger partial charge >= 0.3 is 0 Å². The first kappa shape index (κ1) is 19.7. The van der Waals surface area contributed by atoms with Gasteiger partial charge < -0.3 is 10.1 Å². The van der Waals surface area contributed by atoms with E-state index in [-0.39, 0.29) is 11.9 Å². The summed E-state index contributed by atoms with van der Waals surface area (Å²) < 4.78 is 31.0. The maximum atomic E-state index is 12.8. The van der Waals surface area contributed by atoms with Crippen molar-refractivity contribution in [2.45, 2.75) is 50.9 Å². The van der Waals surface area contributed by atoms with Gasteiger partial charge in [-0.2, -0.15) is 5.10 Å². The first-order valence-electron chi connectivity index (χ1n) is 8.40. The number of nitrogens with zero attached hydrogens (tertiary/aromatic N) is 2. The third-order valence-corrected chi connectivity index (χ3v) is 7.11. The zero-order valence-electron chi connectivity index (χ0n) is 15.3. The van der Waals surface area contributed by atoms with Gasteiger partial charge in [0.2, 0.25) is 5.91 Å². The van der Waals surface area contributed by atoms with Gasteiger partial charge in [-0.15, -0.1) is 0 Å². The van der Waals surface area contributed by atoms with Gasteiger partial charge in [0.15, 0.2) is 9.84 Å². The molecular formula is C17H27N3O4S. The van der Waals surface area contributed by atoms with Gasteiger partial charge in [-0.05, 0) is 45.6 Å². The Kier molecular flexibility index (Phi) is 5.73. The molecule has 140 valence electrons. The molecule has 1 amide bonds.